The number of hydrogen-bond acceptors (Lipinski definition) is 0. The Morgan fingerprint density at radius 2 is 0.814 bits per heavy atom. The standard InChI is InChI=1S/C31H57GeSi7.C3H9Si/c1-34(2,3)33(35(4,5)6)26-30(28-22-18-16-19-23-28)32-31(29-24-20-17-21-25-29)27-39(36(7,8)9,37(10,11)12)38(13,14)15;1-4(2)3/h16-27H,1-15H3;1-3H3/b30-26-,31-27+;. The largest absolute Gasteiger partial charge is 0.0715 e. The third-order valence-electron chi connectivity index (χ3n) is 8.25. The molecule has 0 saturated carbocycles. The van der Waals surface area contributed by atoms with Crippen molar-refractivity contribution in [2.45, 2.75) is 118 Å². The minimum absolute atomic E-state index is 0.120. The molecular weight excluding hydrogens is 706 g/mol. The van der Waals surface area contributed by atoms with Gasteiger partial charge in [-0.1, -0.05) is 19.6 Å². The minimum Gasteiger partial charge on any atom is -0.0715 e. The van der Waals surface area contributed by atoms with Gasteiger partial charge in [-0.2, -0.15) is 0 Å². The van der Waals surface area contributed by atoms with Gasteiger partial charge in [0.2, 0.25) is 0 Å². The van der Waals surface area contributed by atoms with Gasteiger partial charge in [0.25, 0.3) is 0 Å². The Bertz CT molecular complexity index is 1140. The Balaban J connectivity index is 0.00000217. The van der Waals surface area contributed by atoms with Gasteiger partial charge in [0.05, 0.1) is 0 Å². The van der Waals surface area contributed by atoms with E-state index < -0.39 is 67.8 Å². The quantitative estimate of drug-likeness (QED) is 0.200. The molecule has 0 aliphatic carbocycles. The van der Waals surface area contributed by atoms with Crippen molar-refractivity contribution in [1.82, 2.24) is 0 Å². The van der Waals surface area contributed by atoms with Gasteiger partial charge < -0.3 is 0 Å². The summed E-state index contributed by atoms with van der Waals surface area (Å²) in [5, 5.41) is 0. The van der Waals surface area contributed by atoms with Crippen LogP contribution in [0.2, 0.25) is 118 Å². The summed E-state index contributed by atoms with van der Waals surface area (Å²) in [5.41, 5.74) is 9.07. The first-order chi connectivity index (χ1) is 19.3. The smallest absolute Gasteiger partial charge is 0.0379 e. The summed E-state index contributed by atoms with van der Waals surface area (Å²) in [6, 6.07) is 23.2. The third-order valence-corrected chi connectivity index (χ3v) is 111. The van der Waals surface area contributed by atoms with Crippen LogP contribution >= 0.6 is 0 Å². The fourth-order valence-corrected chi connectivity index (χ4v) is 146. The molecule has 43 heavy (non-hydrogen) atoms. The molecule has 0 atom stereocenters. The number of benzene rings is 2. The molecule has 0 spiro atoms. The third kappa shape index (κ3) is 11.7. The van der Waals surface area contributed by atoms with Crippen LogP contribution in [-0.2, 0) is 0 Å². The molecule has 4 radical (unpaired) electrons. The van der Waals surface area contributed by atoms with E-state index in [2.05, 4.69) is 190 Å². The molecule has 0 N–H and O–H groups in total. The SMILES string of the molecule is C[Si](C)(C)[Si](/C=[C](\[Ge]/[C](=C/[Si]([Si](C)(C)C)([Si](C)(C)C)[Si](C)(C)C)c1ccccc1)c1ccccc1)[Si](C)(C)C.C[Si](C)C. The van der Waals surface area contributed by atoms with Crippen molar-refractivity contribution < 1.29 is 0 Å². The van der Waals surface area contributed by atoms with Crippen LogP contribution in [0.4, 0.5) is 0 Å². The summed E-state index contributed by atoms with van der Waals surface area (Å²) in [5.74, 6) is 0. The Labute approximate surface area is 284 Å². The van der Waals surface area contributed by atoms with E-state index in [1.807, 2.05) is 0 Å². The number of rotatable bonds is 11. The van der Waals surface area contributed by atoms with E-state index >= 15 is 0 Å². The maximum absolute atomic E-state index is 3.11. The summed E-state index contributed by atoms with van der Waals surface area (Å²) < 4.78 is 3.49. The van der Waals surface area contributed by atoms with Crippen molar-refractivity contribution >= 4 is 85.5 Å². The van der Waals surface area contributed by atoms with E-state index in [9.17, 15) is 0 Å². The molecule has 0 amide bonds. The summed E-state index contributed by atoms with van der Waals surface area (Å²) in [6.07, 6.45) is 0. The summed E-state index contributed by atoms with van der Waals surface area (Å²) in [6.45, 7) is 45.7. The zero-order valence-corrected chi connectivity index (χ0v) is 41.5. The second-order valence-electron chi connectivity index (χ2n) is 17.9. The van der Waals surface area contributed by atoms with Gasteiger partial charge in [0, 0.05) is 8.80 Å². The fraction of sp³-hybridized carbons (Fsp3) is 0.529. The Kier molecular flexibility index (Phi) is 15.2. The van der Waals surface area contributed by atoms with Gasteiger partial charge >= 0.3 is 258 Å². The second-order valence-corrected chi connectivity index (χ2v) is 88.1. The van der Waals surface area contributed by atoms with Crippen LogP contribution in [0, 0.1) is 0 Å². The van der Waals surface area contributed by atoms with Crippen LogP contribution in [0.1, 0.15) is 11.1 Å². The fourth-order valence-electron chi connectivity index (χ4n) is 7.71. The van der Waals surface area contributed by atoms with Crippen molar-refractivity contribution in [2.24, 2.45) is 0 Å². The maximum atomic E-state index is 3.11. The van der Waals surface area contributed by atoms with Crippen molar-refractivity contribution in [2.75, 3.05) is 0 Å². The first-order valence-corrected chi connectivity index (χ1v) is 47.5. The van der Waals surface area contributed by atoms with Crippen LogP contribution in [0.25, 0.3) is 8.81 Å². The van der Waals surface area contributed by atoms with Gasteiger partial charge in [-0.25, -0.2) is 0 Å². The van der Waals surface area contributed by atoms with E-state index in [1.165, 1.54) is 11.1 Å². The van der Waals surface area contributed by atoms with E-state index in [-0.39, 0.29) is 8.80 Å². The van der Waals surface area contributed by atoms with Crippen LogP contribution in [-0.4, -0.2) is 76.6 Å². The second kappa shape index (κ2) is 15.9. The van der Waals surface area contributed by atoms with Gasteiger partial charge in [-0.15, -0.1) is 0 Å². The first kappa shape index (κ1) is 41.2. The molecule has 0 nitrogen and oxygen atoms in total. The molecule has 238 valence electrons. The molecule has 2 aromatic carbocycles. The van der Waals surface area contributed by atoms with Crippen LogP contribution in [0.3, 0.4) is 0 Å². The zero-order chi connectivity index (χ0) is 33.7. The van der Waals surface area contributed by atoms with Crippen LogP contribution in [0.15, 0.2) is 72.1 Å². The summed E-state index contributed by atoms with van der Waals surface area (Å²) >= 11 is -0.501. The van der Waals surface area contributed by atoms with E-state index in [0.29, 0.717) is 0 Å². The van der Waals surface area contributed by atoms with E-state index in [4.69, 9.17) is 0 Å². The molecular formula is C34H66GeSi8. The van der Waals surface area contributed by atoms with Gasteiger partial charge in [-0.3, -0.25) is 0 Å². The van der Waals surface area contributed by atoms with E-state index in [0.717, 1.165) is 0 Å². The molecule has 0 aromatic heterocycles. The average molecular weight is 772 g/mol. The molecule has 0 unspecified atom stereocenters. The molecule has 2 rings (SSSR count). The monoisotopic (exact) mass is 772 g/mol. The normalized spacial score (nSPS) is 14.6. The van der Waals surface area contributed by atoms with Crippen LogP contribution < -0.4 is 0 Å². The predicted octanol–water partition coefficient (Wildman–Crippen LogP) is 11.2. The molecule has 2 aromatic rings. The van der Waals surface area contributed by atoms with Crippen LogP contribution in [0.5, 0.6) is 0 Å². The van der Waals surface area contributed by atoms with Gasteiger partial charge in [0.1, 0.15) is 0 Å². The van der Waals surface area contributed by atoms with Gasteiger partial charge in [-0.05, 0) is 0 Å². The molecule has 0 aliphatic rings. The Morgan fingerprint density at radius 1 is 0.512 bits per heavy atom. The molecule has 0 heterocycles. The molecule has 0 saturated heterocycles. The maximum Gasteiger partial charge on any atom is 0.0379 e. The zero-order valence-electron chi connectivity index (χ0n) is 31.4. The molecule has 0 aliphatic heterocycles. The average Bonchev–Trinajstić information content (AvgIpc) is 2.80. The summed E-state index contributed by atoms with van der Waals surface area (Å²) in [4.78, 5) is 0. The molecule has 0 fully saturated rings. The van der Waals surface area contributed by atoms with Crippen molar-refractivity contribution in [3.63, 3.8) is 0 Å². The van der Waals surface area contributed by atoms with Crippen molar-refractivity contribution in [3.8, 4) is 0 Å². The van der Waals surface area contributed by atoms with Crippen molar-refractivity contribution in [3.05, 3.63) is 83.2 Å². The van der Waals surface area contributed by atoms with E-state index in [1.54, 1.807) is 8.81 Å². The van der Waals surface area contributed by atoms with Crippen molar-refractivity contribution in [1.29, 1.82) is 0 Å². The Hall–Kier alpha value is 0.198. The molecule has 9 heteroatoms. The topological polar surface area (TPSA) is 0 Å². The minimum atomic E-state index is -1.64. The number of hydrogen-bond donors (Lipinski definition) is 0. The first-order valence-electron chi connectivity index (χ1n) is 16.2. The van der Waals surface area contributed by atoms with Gasteiger partial charge in [0.15, 0.2) is 0 Å². The predicted molar refractivity (Wildman–Crippen MR) is 226 cm³/mol. The summed E-state index contributed by atoms with van der Waals surface area (Å²) in [7, 11) is -7.19. The molecule has 0 bridgehead atoms. The Morgan fingerprint density at radius 3 is 1.09 bits per heavy atom.